The van der Waals surface area contributed by atoms with Gasteiger partial charge in [-0.1, -0.05) is 6.42 Å². The summed E-state index contributed by atoms with van der Waals surface area (Å²) in [5.74, 6) is -0.0711. The van der Waals surface area contributed by atoms with Gasteiger partial charge in [0.2, 0.25) is 0 Å². The molecule has 3 rings (SSSR count). The van der Waals surface area contributed by atoms with Gasteiger partial charge in [-0.2, -0.15) is 5.10 Å². The van der Waals surface area contributed by atoms with E-state index in [0.29, 0.717) is 18.0 Å². The number of nitrogens with zero attached hydrogens (tertiary/aromatic N) is 2. The van der Waals surface area contributed by atoms with Crippen LogP contribution in [0.25, 0.3) is 5.69 Å². The lowest BCUT2D eigenvalue weighted by Gasteiger charge is -2.19. The van der Waals surface area contributed by atoms with Crippen molar-refractivity contribution >= 4 is 5.91 Å². The summed E-state index contributed by atoms with van der Waals surface area (Å²) in [6.07, 6.45) is 4.69. The second-order valence-electron chi connectivity index (χ2n) is 6.04. The van der Waals surface area contributed by atoms with E-state index in [9.17, 15) is 9.18 Å². The van der Waals surface area contributed by atoms with E-state index in [-0.39, 0.29) is 17.8 Å². The van der Waals surface area contributed by atoms with Crippen LogP contribution in [0.1, 0.15) is 35.3 Å². The van der Waals surface area contributed by atoms with Gasteiger partial charge < -0.3 is 11.1 Å². The third-order valence-corrected chi connectivity index (χ3v) is 4.60. The first-order valence-electron chi connectivity index (χ1n) is 7.91. The molecule has 0 radical (unpaired) electrons. The van der Waals surface area contributed by atoms with E-state index < -0.39 is 0 Å². The molecule has 3 N–H and O–H groups in total. The number of amides is 1. The first-order chi connectivity index (χ1) is 11.1. The van der Waals surface area contributed by atoms with Crippen LogP contribution < -0.4 is 11.1 Å². The number of hydrogen-bond acceptors (Lipinski definition) is 3. The summed E-state index contributed by atoms with van der Waals surface area (Å²) in [7, 11) is 0. The summed E-state index contributed by atoms with van der Waals surface area (Å²) in [5, 5.41) is 7.34. The van der Waals surface area contributed by atoms with Crippen LogP contribution in [0.3, 0.4) is 0 Å². The monoisotopic (exact) mass is 316 g/mol. The van der Waals surface area contributed by atoms with E-state index in [0.717, 1.165) is 30.6 Å². The van der Waals surface area contributed by atoms with Crippen LogP contribution in [0, 0.1) is 18.7 Å². The average molecular weight is 316 g/mol. The SMILES string of the molecule is Cc1c(C(=O)NC2CCCC2CN)cnn1-c1ccc(F)cc1. The van der Waals surface area contributed by atoms with Gasteiger partial charge in [-0.25, -0.2) is 9.07 Å². The van der Waals surface area contributed by atoms with Crippen LogP contribution >= 0.6 is 0 Å². The Kier molecular flexibility index (Phi) is 4.43. The molecule has 1 heterocycles. The summed E-state index contributed by atoms with van der Waals surface area (Å²) >= 11 is 0. The highest BCUT2D eigenvalue weighted by Crippen LogP contribution is 2.25. The summed E-state index contributed by atoms with van der Waals surface area (Å²) < 4.78 is 14.7. The fourth-order valence-corrected chi connectivity index (χ4v) is 3.23. The molecule has 1 saturated carbocycles. The molecule has 2 atom stereocenters. The van der Waals surface area contributed by atoms with Gasteiger partial charge in [0, 0.05) is 6.04 Å². The molecule has 6 heteroatoms. The van der Waals surface area contributed by atoms with Crippen LogP contribution in [-0.4, -0.2) is 28.3 Å². The average Bonchev–Trinajstić information content (AvgIpc) is 3.14. The minimum atomic E-state index is -0.300. The fourth-order valence-electron chi connectivity index (χ4n) is 3.23. The largest absolute Gasteiger partial charge is 0.349 e. The Morgan fingerprint density at radius 1 is 1.39 bits per heavy atom. The molecule has 1 aliphatic carbocycles. The van der Waals surface area contributed by atoms with Gasteiger partial charge >= 0.3 is 0 Å². The van der Waals surface area contributed by atoms with E-state index in [4.69, 9.17) is 5.73 Å². The predicted molar refractivity (Wildman–Crippen MR) is 85.9 cm³/mol. The van der Waals surface area contributed by atoms with Crippen molar-refractivity contribution in [3.8, 4) is 5.69 Å². The molecule has 0 saturated heterocycles. The number of aromatic nitrogens is 2. The topological polar surface area (TPSA) is 72.9 Å². The second-order valence-corrected chi connectivity index (χ2v) is 6.04. The Morgan fingerprint density at radius 2 is 2.13 bits per heavy atom. The Hall–Kier alpha value is -2.21. The summed E-state index contributed by atoms with van der Waals surface area (Å²) in [6.45, 7) is 2.43. The standard InChI is InChI=1S/C17H21FN4O/c1-11-15(17(23)21-16-4-2-3-12(16)9-19)10-20-22(11)14-7-5-13(18)6-8-14/h5-8,10,12,16H,2-4,9,19H2,1H3,(H,21,23). The molecule has 2 aromatic rings. The zero-order valence-electron chi connectivity index (χ0n) is 13.1. The summed E-state index contributed by atoms with van der Waals surface area (Å²) in [4.78, 5) is 12.5. The molecule has 0 spiro atoms. The van der Waals surface area contributed by atoms with E-state index in [1.54, 1.807) is 23.0 Å². The second kappa shape index (κ2) is 6.50. The van der Waals surface area contributed by atoms with Gasteiger partial charge in [-0.05, 0) is 56.5 Å². The van der Waals surface area contributed by atoms with E-state index in [1.807, 2.05) is 6.92 Å². The minimum absolute atomic E-state index is 0.124. The molecular formula is C17H21FN4O. The summed E-state index contributed by atoms with van der Waals surface area (Å²) in [6, 6.07) is 6.17. The lowest BCUT2D eigenvalue weighted by molar-refractivity contribution is 0.0928. The van der Waals surface area contributed by atoms with Crippen molar-refractivity contribution in [1.82, 2.24) is 15.1 Å². The van der Waals surface area contributed by atoms with Gasteiger partial charge in [0.1, 0.15) is 5.82 Å². The van der Waals surface area contributed by atoms with Crippen molar-refractivity contribution in [3.05, 3.63) is 47.5 Å². The van der Waals surface area contributed by atoms with Crippen molar-refractivity contribution in [2.24, 2.45) is 11.7 Å². The molecule has 1 aliphatic rings. The molecule has 0 bridgehead atoms. The highest BCUT2D eigenvalue weighted by Gasteiger charge is 2.28. The highest BCUT2D eigenvalue weighted by molar-refractivity contribution is 5.95. The van der Waals surface area contributed by atoms with Gasteiger partial charge in [0.05, 0.1) is 23.1 Å². The zero-order chi connectivity index (χ0) is 16.4. The predicted octanol–water partition coefficient (Wildman–Crippen LogP) is 2.18. The van der Waals surface area contributed by atoms with Crippen LogP contribution in [0.4, 0.5) is 4.39 Å². The van der Waals surface area contributed by atoms with Crippen LogP contribution in [0.2, 0.25) is 0 Å². The van der Waals surface area contributed by atoms with Crippen molar-refractivity contribution in [2.75, 3.05) is 6.54 Å². The van der Waals surface area contributed by atoms with Crippen LogP contribution in [-0.2, 0) is 0 Å². The van der Waals surface area contributed by atoms with Crippen LogP contribution in [0.15, 0.2) is 30.5 Å². The van der Waals surface area contributed by atoms with Crippen molar-refractivity contribution in [2.45, 2.75) is 32.2 Å². The number of rotatable bonds is 4. The van der Waals surface area contributed by atoms with Crippen molar-refractivity contribution in [3.63, 3.8) is 0 Å². The first-order valence-corrected chi connectivity index (χ1v) is 7.91. The normalized spacial score (nSPS) is 20.7. The maximum atomic E-state index is 13.0. The Labute approximate surface area is 134 Å². The maximum Gasteiger partial charge on any atom is 0.254 e. The van der Waals surface area contributed by atoms with Crippen LogP contribution in [0.5, 0.6) is 0 Å². The van der Waals surface area contributed by atoms with E-state index in [1.165, 1.54) is 12.1 Å². The van der Waals surface area contributed by atoms with E-state index in [2.05, 4.69) is 10.4 Å². The number of nitrogens with two attached hydrogens (primary N) is 1. The lowest BCUT2D eigenvalue weighted by Crippen LogP contribution is -2.40. The van der Waals surface area contributed by atoms with Gasteiger partial charge in [0.15, 0.2) is 0 Å². The molecule has 0 aliphatic heterocycles. The smallest absolute Gasteiger partial charge is 0.254 e. The number of carbonyl (C=O) groups is 1. The molecule has 23 heavy (non-hydrogen) atoms. The maximum absolute atomic E-state index is 13.0. The van der Waals surface area contributed by atoms with Crippen molar-refractivity contribution in [1.29, 1.82) is 0 Å². The number of halogens is 1. The first kappa shape index (κ1) is 15.7. The van der Waals surface area contributed by atoms with Crippen molar-refractivity contribution < 1.29 is 9.18 Å². The van der Waals surface area contributed by atoms with Gasteiger partial charge in [-0.15, -0.1) is 0 Å². The molecule has 2 unspecified atom stereocenters. The number of carbonyl (C=O) groups excluding carboxylic acids is 1. The lowest BCUT2D eigenvalue weighted by atomic mass is 10.0. The Bertz CT molecular complexity index is 695. The van der Waals surface area contributed by atoms with Gasteiger partial charge in [0.25, 0.3) is 5.91 Å². The fraction of sp³-hybridized carbons (Fsp3) is 0.412. The van der Waals surface area contributed by atoms with E-state index >= 15 is 0 Å². The number of hydrogen-bond donors (Lipinski definition) is 2. The molecule has 122 valence electrons. The quantitative estimate of drug-likeness (QED) is 0.908. The molecule has 1 aromatic carbocycles. The third kappa shape index (κ3) is 3.12. The molecule has 1 aromatic heterocycles. The zero-order valence-corrected chi connectivity index (χ0v) is 13.1. The Balaban J connectivity index is 1.78. The summed E-state index contributed by atoms with van der Waals surface area (Å²) in [5.41, 5.74) is 7.76. The molecular weight excluding hydrogens is 295 g/mol. The Morgan fingerprint density at radius 3 is 2.83 bits per heavy atom. The van der Waals surface area contributed by atoms with Gasteiger partial charge in [-0.3, -0.25) is 4.79 Å². The number of benzene rings is 1. The molecule has 1 fully saturated rings. The molecule has 1 amide bonds. The highest BCUT2D eigenvalue weighted by atomic mass is 19.1. The third-order valence-electron chi connectivity index (χ3n) is 4.60. The number of nitrogens with one attached hydrogen (secondary N) is 1. The molecule has 5 nitrogen and oxygen atoms in total. The minimum Gasteiger partial charge on any atom is -0.349 e.